The summed E-state index contributed by atoms with van der Waals surface area (Å²) in [5, 5.41) is 2.74. The number of hydrogen-bond acceptors (Lipinski definition) is 4. The molecule has 0 spiro atoms. The van der Waals surface area contributed by atoms with Crippen LogP contribution < -0.4 is 14.5 Å². The van der Waals surface area contributed by atoms with E-state index in [1.807, 2.05) is 0 Å². The zero-order chi connectivity index (χ0) is 20.8. The summed E-state index contributed by atoms with van der Waals surface area (Å²) in [7, 11) is 1.54. The summed E-state index contributed by atoms with van der Waals surface area (Å²) in [4.78, 5) is 16.0. The van der Waals surface area contributed by atoms with Crippen molar-refractivity contribution in [3.63, 3.8) is 0 Å². The molecule has 9 heteroatoms. The Kier molecular flexibility index (Phi) is 7.46. The van der Waals surface area contributed by atoms with Crippen molar-refractivity contribution in [2.45, 2.75) is 30.4 Å². The number of halogens is 3. The fourth-order valence-electron chi connectivity index (χ4n) is 2.29. The van der Waals surface area contributed by atoms with Crippen molar-refractivity contribution in [3.05, 3.63) is 48.8 Å². The molecule has 1 aromatic heterocycles. The van der Waals surface area contributed by atoms with Gasteiger partial charge in [0.15, 0.2) is 0 Å². The zero-order valence-electron chi connectivity index (χ0n) is 15.6. The number of pyridine rings is 1. The van der Waals surface area contributed by atoms with Crippen LogP contribution in [0.3, 0.4) is 0 Å². The molecular weight excluding hydrogens is 440 g/mol. The molecular formula is C19H21F3N2O3Se. The van der Waals surface area contributed by atoms with Crippen molar-refractivity contribution >= 4 is 31.0 Å². The van der Waals surface area contributed by atoms with Gasteiger partial charge in [-0.2, -0.15) is 0 Å². The number of benzene rings is 1. The van der Waals surface area contributed by atoms with Gasteiger partial charge in [-0.05, 0) is 0 Å². The first kappa shape index (κ1) is 22.2. The van der Waals surface area contributed by atoms with E-state index in [0.29, 0.717) is 11.4 Å². The first-order valence-electron chi connectivity index (χ1n) is 8.33. The van der Waals surface area contributed by atoms with Gasteiger partial charge in [0.1, 0.15) is 0 Å². The standard InChI is InChI=1S/C19H21F3N2O3Se/c1-18(2,27-12-19(20,21)22)16(17(25)24-13-8-10-23-11-9-13)28-15-6-4-14(26-3)5-7-15/h4-11,16H,12H2,1-3H3,(H,23,24,25). The van der Waals surface area contributed by atoms with E-state index in [4.69, 9.17) is 9.47 Å². The van der Waals surface area contributed by atoms with Crippen molar-refractivity contribution in [2.24, 2.45) is 0 Å². The number of nitrogens with one attached hydrogen (secondary N) is 1. The van der Waals surface area contributed by atoms with Crippen LogP contribution in [0.5, 0.6) is 5.75 Å². The van der Waals surface area contributed by atoms with Crippen LogP contribution in [0.25, 0.3) is 0 Å². The molecule has 1 amide bonds. The number of anilines is 1. The van der Waals surface area contributed by atoms with E-state index in [-0.39, 0.29) is 0 Å². The van der Waals surface area contributed by atoms with Gasteiger partial charge < -0.3 is 0 Å². The number of carbonyl (C=O) groups is 1. The molecule has 2 aromatic rings. The number of methoxy groups -OCH3 is 1. The Morgan fingerprint density at radius 3 is 2.29 bits per heavy atom. The number of rotatable bonds is 8. The summed E-state index contributed by atoms with van der Waals surface area (Å²) in [6.45, 7) is 1.58. The predicted octanol–water partition coefficient (Wildman–Crippen LogP) is 3.20. The Bertz CT molecular complexity index is 768. The topological polar surface area (TPSA) is 60.5 Å². The predicted molar refractivity (Wildman–Crippen MR) is 101 cm³/mol. The number of ether oxygens (including phenoxy) is 2. The Morgan fingerprint density at radius 2 is 1.75 bits per heavy atom. The SMILES string of the molecule is COc1ccc([Se]C(C(=O)Nc2ccncc2)C(C)(C)OCC(F)(F)F)cc1. The van der Waals surface area contributed by atoms with Gasteiger partial charge in [0.25, 0.3) is 0 Å². The maximum atomic E-state index is 12.9. The van der Waals surface area contributed by atoms with Crippen LogP contribution in [0, 0.1) is 0 Å². The van der Waals surface area contributed by atoms with Gasteiger partial charge >= 0.3 is 167 Å². The Balaban J connectivity index is 2.23. The molecule has 1 aromatic carbocycles. The molecule has 1 unspecified atom stereocenters. The Hall–Kier alpha value is -2.09. The summed E-state index contributed by atoms with van der Waals surface area (Å²) < 4.78 is 49.1. The number of hydrogen-bond donors (Lipinski definition) is 1. The van der Waals surface area contributed by atoms with Crippen molar-refractivity contribution < 1.29 is 27.4 Å². The number of amides is 1. The van der Waals surface area contributed by atoms with Gasteiger partial charge in [0, 0.05) is 0 Å². The Labute approximate surface area is 167 Å². The van der Waals surface area contributed by atoms with Crippen molar-refractivity contribution in [1.82, 2.24) is 4.98 Å². The van der Waals surface area contributed by atoms with E-state index >= 15 is 0 Å². The van der Waals surface area contributed by atoms with Gasteiger partial charge in [-0.25, -0.2) is 0 Å². The van der Waals surface area contributed by atoms with E-state index < -0.39 is 44.1 Å². The van der Waals surface area contributed by atoms with Crippen LogP contribution in [0.1, 0.15) is 13.8 Å². The first-order chi connectivity index (χ1) is 13.1. The second-order valence-electron chi connectivity index (χ2n) is 6.41. The van der Waals surface area contributed by atoms with Gasteiger partial charge in [-0.3, -0.25) is 0 Å². The zero-order valence-corrected chi connectivity index (χ0v) is 17.3. The van der Waals surface area contributed by atoms with Gasteiger partial charge in [0.05, 0.1) is 0 Å². The Morgan fingerprint density at radius 1 is 1.14 bits per heavy atom. The first-order valence-corrected chi connectivity index (χ1v) is 10.2. The third kappa shape index (κ3) is 6.82. The maximum absolute atomic E-state index is 12.9. The minimum atomic E-state index is -4.48. The fraction of sp³-hybridized carbons (Fsp3) is 0.368. The molecule has 1 atom stereocenters. The van der Waals surface area contributed by atoms with Crippen LogP contribution in [-0.2, 0) is 9.53 Å². The second-order valence-corrected chi connectivity index (χ2v) is 8.88. The summed E-state index contributed by atoms with van der Waals surface area (Å²) in [5.74, 6) is 0.249. The number of alkyl halides is 3. The molecule has 152 valence electrons. The molecule has 1 heterocycles. The number of nitrogens with zero attached hydrogens (tertiary/aromatic N) is 1. The summed E-state index contributed by atoms with van der Waals surface area (Å²) >= 11 is -0.488. The summed E-state index contributed by atoms with van der Waals surface area (Å²) in [5.41, 5.74) is -0.811. The molecule has 0 aliphatic carbocycles. The molecule has 0 saturated heterocycles. The van der Waals surface area contributed by atoms with Crippen molar-refractivity contribution in [3.8, 4) is 5.75 Å². The summed E-state index contributed by atoms with van der Waals surface area (Å²) in [6, 6.07) is 10.3. The van der Waals surface area contributed by atoms with Crippen LogP contribution in [0.15, 0.2) is 48.8 Å². The van der Waals surface area contributed by atoms with Crippen LogP contribution in [0.2, 0.25) is 4.82 Å². The average molecular weight is 461 g/mol. The molecule has 0 aliphatic rings. The molecule has 28 heavy (non-hydrogen) atoms. The van der Waals surface area contributed by atoms with Crippen molar-refractivity contribution in [1.29, 1.82) is 0 Å². The van der Waals surface area contributed by atoms with Crippen LogP contribution >= 0.6 is 0 Å². The molecule has 0 radical (unpaired) electrons. The molecule has 0 bridgehead atoms. The summed E-state index contributed by atoms with van der Waals surface area (Å²) in [6.07, 6.45) is -1.44. The molecule has 0 saturated carbocycles. The molecule has 0 aliphatic heterocycles. The quantitative estimate of drug-likeness (QED) is 0.614. The van der Waals surface area contributed by atoms with Crippen LogP contribution in [-0.4, -0.2) is 51.3 Å². The average Bonchev–Trinajstić information content (AvgIpc) is 2.65. The van der Waals surface area contributed by atoms with E-state index in [1.165, 1.54) is 26.2 Å². The van der Waals surface area contributed by atoms with Crippen molar-refractivity contribution in [2.75, 3.05) is 19.0 Å². The molecule has 2 rings (SSSR count). The normalized spacial score (nSPS) is 13.1. The third-order valence-electron chi connectivity index (χ3n) is 3.74. The van der Waals surface area contributed by atoms with E-state index in [1.54, 1.807) is 43.5 Å². The van der Waals surface area contributed by atoms with E-state index in [0.717, 1.165) is 4.46 Å². The molecule has 0 fully saturated rings. The van der Waals surface area contributed by atoms with Gasteiger partial charge in [-0.15, -0.1) is 0 Å². The minimum absolute atomic E-state index is 0.408. The number of aromatic nitrogens is 1. The molecule has 1 N–H and O–H groups in total. The second kappa shape index (κ2) is 9.41. The molecule has 5 nitrogen and oxygen atoms in total. The van der Waals surface area contributed by atoms with Gasteiger partial charge in [0.2, 0.25) is 0 Å². The van der Waals surface area contributed by atoms with E-state index in [9.17, 15) is 18.0 Å². The van der Waals surface area contributed by atoms with Gasteiger partial charge in [-0.1, -0.05) is 0 Å². The van der Waals surface area contributed by atoms with E-state index in [2.05, 4.69) is 10.3 Å². The number of carbonyl (C=O) groups excluding carboxylic acids is 1. The monoisotopic (exact) mass is 462 g/mol. The third-order valence-corrected chi connectivity index (χ3v) is 7.02. The van der Waals surface area contributed by atoms with Crippen LogP contribution in [0.4, 0.5) is 18.9 Å². The fourth-order valence-corrected chi connectivity index (χ4v) is 4.56.